The van der Waals surface area contributed by atoms with E-state index in [-0.39, 0.29) is 17.7 Å². The lowest BCUT2D eigenvalue weighted by atomic mass is 9.93. The fourth-order valence-electron chi connectivity index (χ4n) is 4.81. The number of urea groups is 1. The van der Waals surface area contributed by atoms with Crippen LogP contribution in [0.3, 0.4) is 0 Å². The molecule has 3 aromatic rings. The predicted molar refractivity (Wildman–Crippen MR) is 160 cm³/mol. The zero-order valence-corrected chi connectivity index (χ0v) is 23.9. The number of para-hydroxylation sites is 2. The number of benzene rings is 3. The Kier molecular flexibility index (Phi) is 8.67. The summed E-state index contributed by atoms with van der Waals surface area (Å²) < 4.78 is 0. The number of nitrogens with zero attached hydrogens (tertiary/aromatic N) is 2. The third-order valence-electron chi connectivity index (χ3n) is 7.02. The Hall–Kier alpha value is -4.46. The van der Waals surface area contributed by atoms with Gasteiger partial charge in [0.15, 0.2) is 0 Å². The number of benzodiazepines with no additional fused rings is 1. The van der Waals surface area contributed by atoms with Gasteiger partial charge in [0.25, 0.3) is 5.91 Å². The summed E-state index contributed by atoms with van der Waals surface area (Å²) in [4.78, 5) is 45.9. The van der Waals surface area contributed by atoms with Gasteiger partial charge >= 0.3 is 6.03 Å². The maximum atomic E-state index is 13.4. The summed E-state index contributed by atoms with van der Waals surface area (Å²) in [6.45, 7) is 9.86. The van der Waals surface area contributed by atoms with Gasteiger partial charge in [-0.1, -0.05) is 94.4 Å². The number of fused-ring (bicyclic) bond motifs is 1. The smallest absolute Gasteiger partial charge is 0.319 e. The Bertz CT molecular complexity index is 1410. The molecule has 4 rings (SSSR count). The highest BCUT2D eigenvalue weighted by Crippen LogP contribution is 2.32. The quantitative estimate of drug-likeness (QED) is 0.375. The van der Waals surface area contributed by atoms with Crippen molar-refractivity contribution in [3.05, 3.63) is 95.1 Å². The van der Waals surface area contributed by atoms with Crippen LogP contribution in [0.25, 0.3) is 0 Å². The van der Waals surface area contributed by atoms with Crippen LogP contribution < -0.4 is 20.9 Å². The lowest BCUT2D eigenvalue weighted by Gasteiger charge is -2.23. The second-order valence-corrected chi connectivity index (χ2v) is 10.6. The maximum absolute atomic E-state index is 13.4. The van der Waals surface area contributed by atoms with E-state index < -0.39 is 24.1 Å². The van der Waals surface area contributed by atoms with Crippen molar-refractivity contribution in [2.75, 3.05) is 17.3 Å². The average molecular weight is 540 g/mol. The number of rotatable bonds is 7. The second-order valence-electron chi connectivity index (χ2n) is 10.6. The molecule has 4 amide bonds. The molecule has 3 N–H and O–H groups in total. The molecule has 8 heteroatoms. The minimum atomic E-state index is -1.17. The molecular weight excluding hydrogens is 502 g/mol. The van der Waals surface area contributed by atoms with E-state index in [1.165, 1.54) is 4.90 Å². The van der Waals surface area contributed by atoms with Gasteiger partial charge in [0.05, 0.1) is 11.4 Å². The van der Waals surface area contributed by atoms with Crippen LogP contribution in [0.5, 0.6) is 0 Å². The van der Waals surface area contributed by atoms with Crippen molar-refractivity contribution in [1.29, 1.82) is 0 Å². The number of anilines is 2. The van der Waals surface area contributed by atoms with Crippen molar-refractivity contribution in [2.45, 2.75) is 58.7 Å². The molecule has 0 saturated carbocycles. The highest BCUT2D eigenvalue weighted by molar-refractivity contribution is 6.20. The van der Waals surface area contributed by atoms with Crippen LogP contribution in [-0.2, 0) is 9.59 Å². The fraction of sp³-hybridized carbons (Fsp3) is 0.312. The van der Waals surface area contributed by atoms with E-state index in [0.29, 0.717) is 11.4 Å². The molecule has 0 bridgehead atoms. The normalized spacial score (nSPS) is 15.7. The van der Waals surface area contributed by atoms with E-state index in [1.807, 2.05) is 72.8 Å². The Balaban J connectivity index is 1.54. The van der Waals surface area contributed by atoms with E-state index in [0.717, 1.165) is 27.9 Å². The van der Waals surface area contributed by atoms with Gasteiger partial charge in [-0.25, -0.2) is 9.79 Å². The molecule has 1 aliphatic rings. The summed E-state index contributed by atoms with van der Waals surface area (Å²) in [7, 11) is 1.66. The first-order valence-electron chi connectivity index (χ1n) is 13.6. The van der Waals surface area contributed by atoms with E-state index in [4.69, 9.17) is 4.99 Å². The summed E-state index contributed by atoms with van der Waals surface area (Å²) >= 11 is 0. The molecule has 0 aliphatic carbocycles. The maximum Gasteiger partial charge on any atom is 0.319 e. The number of carbonyl (C=O) groups is 3. The summed E-state index contributed by atoms with van der Waals surface area (Å²) in [5.41, 5.74) is 5.71. The molecule has 3 aromatic carbocycles. The van der Waals surface area contributed by atoms with Crippen LogP contribution in [0, 0.1) is 0 Å². The van der Waals surface area contributed by atoms with E-state index >= 15 is 0 Å². The zero-order chi connectivity index (χ0) is 29.0. The van der Waals surface area contributed by atoms with Crippen LogP contribution in [0.1, 0.15) is 68.7 Å². The van der Waals surface area contributed by atoms with Crippen LogP contribution in [0.2, 0.25) is 0 Å². The molecule has 0 radical (unpaired) electrons. The van der Waals surface area contributed by atoms with Gasteiger partial charge in [0, 0.05) is 23.9 Å². The van der Waals surface area contributed by atoms with Gasteiger partial charge in [-0.2, -0.15) is 0 Å². The Morgan fingerprint density at radius 1 is 0.825 bits per heavy atom. The van der Waals surface area contributed by atoms with Crippen molar-refractivity contribution in [3.63, 3.8) is 0 Å². The van der Waals surface area contributed by atoms with Gasteiger partial charge in [-0.05, 0) is 36.0 Å². The molecule has 208 valence electrons. The van der Waals surface area contributed by atoms with Gasteiger partial charge in [0.2, 0.25) is 12.1 Å². The van der Waals surface area contributed by atoms with E-state index in [9.17, 15) is 14.4 Å². The largest absolute Gasteiger partial charge is 0.326 e. The van der Waals surface area contributed by atoms with Crippen molar-refractivity contribution in [3.8, 4) is 0 Å². The number of aliphatic imine (C=N–C) groups is 1. The molecule has 1 heterocycles. The molecule has 40 heavy (non-hydrogen) atoms. The Labute approximate surface area is 235 Å². The molecule has 2 atom stereocenters. The molecule has 0 fully saturated rings. The number of likely N-dealkylation sites (N-methyl/N-ethyl adjacent to an activating group) is 1. The highest BCUT2D eigenvalue weighted by atomic mass is 16.2. The topological polar surface area (TPSA) is 103 Å². The number of hydrogen-bond donors (Lipinski definition) is 3. The Morgan fingerprint density at radius 2 is 1.43 bits per heavy atom. The number of carbonyl (C=O) groups excluding carboxylic acids is 3. The van der Waals surface area contributed by atoms with Crippen molar-refractivity contribution >= 4 is 34.9 Å². The van der Waals surface area contributed by atoms with Crippen LogP contribution in [0.15, 0.2) is 77.8 Å². The fourth-order valence-corrected chi connectivity index (χ4v) is 4.81. The monoisotopic (exact) mass is 539 g/mol. The van der Waals surface area contributed by atoms with E-state index in [1.54, 1.807) is 14.0 Å². The minimum Gasteiger partial charge on any atom is -0.326 e. The number of amides is 4. The summed E-state index contributed by atoms with van der Waals surface area (Å²) in [6, 6.07) is 21.6. The van der Waals surface area contributed by atoms with Gasteiger partial charge < -0.3 is 20.9 Å². The molecule has 8 nitrogen and oxygen atoms in total. The average Bonchev–Trinajstić information content (AvgIpc) is 3.04. The van der Waals surface area contributed by atoms with Crippen LogP contribution >= 0.6 is 0 Å². The first-order valence-corrected chi connectivity index (χ1v) is 13.6. The number of hydrogen-bond acceptors (Lipinski definition) is 4. The SMILES string of the molecule is CC(C)c1cccc(C(C)C)c1NC(=O)N[C@@H](C)C(=O)N[C@H]1N=C(c2ccccc2)c2ccccc2N(C)C1=O. The van der Waals surface area contributed by atoms with Crippen molar-refractivity contribution in [1.82, 2.24) is 10.6 Å². The minimum absolute atomic E-state index is 0.203. The zero-order valence-electron chi connectivity index (χ0n) is 23.9. The first-order chi connectivity index (χ1) is 19.1. The second kappa shape index (κ2) is 12.2. The first kappa shape index (κ1) is 28.5. The molecule has 0 saturated heterocycles. The van der Waals surface area contributed by atoms with Gasteiger partial charge in [0.1, 0.15) is 6.04 Å². The molecule has 0 unspecified atom stereocenters. The summed E-state index contributed by atoms with van der Waals surface area (Å²) in [5, 5.41) is 8.42. The lowest BCUT2D eigenvalue weighted by molar-refractivity contribution is -0.128. The van der Waals surface area contributed by atoms with Gasteiger partial charge in [-0.3, -0.25) is 9.59 Å². The third-order valence-corrected chi connectivity index (χ3v) is 7.02. The number of nitrogens with one attached hydrogen (secondary N) is 3. The summed E-state index contributed by atoms with van der Waals surface area (Å²) in [6.07, 6.45) is -1.17. The molecule has 1 aliphatic heterocycles. The molecule has 0 aromatic heterocycles. The highest BCUT2D eigenvalue weighted by Gasteiger charge is 2.32. The molecular formula is C32H37N5O3. The third kappa shape index (κ3) is 6.06. The Morgan fingerprint density at radius 3 is 2.05 bits per heavy atom. The predicted octanol–water partition coefficient (Wildman–Crippen LogP) is 5.40. The van der Waals surface area contributed by atoms with Gasteiger partial charge in [-0.15, -0.1) is 0 Å². The standard InChI is InChI=1S/C32H37N5O3/c1-19(2)23-16-12-17-24(20(3)4)28(23)35-32(40)33-21(5)30(38)36-29-31(39)37(6)26-18-11-10-15-25(26)27(34-29)22-13-8-7-9-14-22/h7-21,29H,1-6H3,(H,36,38)(H2,33,35,40)/t21-,29+/m0/s1. The van der Waals surface area contributed by atoms with Crippen molar-refractivity contribution in [2.24, 2.45) is 4.99 Å². The van der Waals surface area contributed by atoms with E-state index in [2.05, 4.69) is 43.6 Å². The van der Waals surface area contributed by atoms with Crippen molar-refractivity contribution < 1.29 is 14.4 Å². The lowest BCUT2D eigenvalue weighted by Crippen LogP contribution is -2.52. The molecule has 0 spiro atoms. The summed E-state index contributed by atoms with van der Waals surface area (Å²) in [5.74, 6) is -0.497. The van der Waals surface area contributed by atoms with Crippen LogP contribution in [0.4, 0.5) is 16.2 Å². The van der Waals surface area contributed by atoms with Crippen LogP contribution in [-0.4, -0.2) is 42.8 Å².